The summed E-state index contributed by atoms with van der Waals surface area (Å²) in [6.45, 7) is 4.36. The molecule has 3 heterocycles. The van der Waals surface area contributed by atoms with Crippen LogP contribution in [0.2, 0.25) is 0 Å². The molecule has 0 fully saturated rings. The fraction of sp³-hybridized carbons (Fsp3) is 0.412. The van der Waals surface area contributed by atoms with Gasteiger partial charge >= 0.3 is 0 Å². The lowest BCUT2D eigenvalue weighted by molar-refractivity contribution is 0.101. The Kier molecular flexibility index (Phi) is 3.48. The van der Waals surface area contributed by atoms with E-state index in [2.05, 4.69) is 20.6 Å². The van der Waals surface area contributed by atoms with Crippen LogP contribution in [-0.4, -0.2) is 30.5 Å². The van der Waals surface area contributed by atoms with Crippen LogP contribution in [0.25, 0.3) is 10.9 Å². The SMILES string of the molecule is CCn1c(C)cc2[nH]nc(NC(=O)c3c4c(nn3C)CCC4)c2c1=O. The molecule has 3 aromatic heterocycles. The third kappa shape index (κ3) is 2.28. The van der Waals surface area contributed by atoms with Gasteiger partial charge in [0.05, 0.1) is 11.2 Å². The van der Waals surface area contributed by atoms with Gasteiger partial charge in [0.2, 0.25) is 0 Å². The van der Waals surface area contributed by atoms with E-state index in [0.29, 0.717) is 23.1 Å². The zero-order valence-corrected chi connectivity index (χ0v) is 14.5. The molecule has 0 unspecified atom stereocenters. The second-order valence-corrected chi connectivity index (χ2v) is 6.40. The van der Waals surface area contributed by atoms with Gasteiger partial charge in [0.15, 0.2) is 5.82 Å². The van der Waals surface area contributed by atoms with E-state index in [1.165, 1.54) is 0 Å². The molecule has 8 nitrogen and oxygen atoms in total. The van der Waals surface area contributed by atoms with Crippen LogP contribution in [0.15, 0.2) is 10.9 Å². The van der Waals surface area contributed by atoms with Crippen molar-refractivity contribution in [2.24, 2.45) is 7.05 Å². The van der Waals surface area contributed by atoms with E-state index in [-0.39, 0.29) is 17.3 Å². The molecule has 25 heavy (non-hydrogen) atoms. The van der Waals surface area contributed by atoms with Crippen molar-refractivity contribution >= 4 is 22.6 Å². The maximum Gasteiger partial charge on any atom is 0.275 e. The minimum absolute atomic E-state index is 0.156. The number of amides is 1. The third-order valence-corrected chi connectivity index (χ3v) is 4.86. The van der Waals surface area contributed by atoms with Crippen LogP contribution in [0.4, 0.5) is 5.82 Å². The molecule has 4 rings (SSSR count). The monoisotopic (exact) mass is 340 g/mol. The van der Waals surface area contributed by atoms with Gasteiger partial charge in [-0.15, -0.1) is 0 Å². The van der Waals surface area contributed by atoms with E-state index in [1.807, 2.05) is 19.9 Å². The van der Waals surface area contributed by atoms with Gasteiger partial charge in [-0.25, -0.2) is 0 Å². The van der Waals surface area contributed by atoms with Gasteiger partial charge in [0, 0.05) is 24.8 Å². The number of aromatic nitrogens is 5. The first kappa shape index (κ1) is 15.6. The number of H-pyrrole nitrogens is 1. The highest BCUT2D eigenvalue weighted by atomic mass is 16.2. The standard InChI is InChI=1S/C17H20N6O2/c1-4-23-9(2)8-12-13(17(23)25)15(20-19-12)18-16(24)14-10-6-5-7-11(10)21-22(14)3/h8H,4-7H2,1-3H3,(H2,18,19,20,24). The lowest BCUT2D eigenvalue weighted by atomic mass is 10.2. The van der Waals surface area contributed by atoms with Gasteiger partial charge in [0.25, 0.3) is 11.5 Å². The number of nitrogens with one attached hydrogen (secondary N) is 2. The number of carbonyl (C=O) groups excluding carboxylic acids is 1. The number of anilines is 1. The largest absolute Gasteiger partial charge is 0.312 e. The van der Waals surface area contributed by atoms with Crippen molar-refractivity contribution in [3.8, 4) is 0 Å². The smallest absolute Gasteiger partial charge is 0.275 e. The average Bonchev–Trinajstić information content (AvgIpc) is 3.22. The number of fused-ring (bicyclic) bond motifs is 2. The molecule has 0 bridgehead atoms. The minimum Gasteiger partial charge on any atom is -0.312 e. The highest BCUT2D eigenvalue weighted by Gasteiger charge is 2.26. The van der Waals surface area contributed by atoms with Gasteiger partial charge in [-0.3, -0.25) is 19.4 Å². The van der Waals surface area contributed by atoms with Crippen LogP contribution in [0.1, 0.15) is 40.8 Å². The van der Waals surface area contributed by atoms with E-state index >= 15 is 0 Å². The first-order chi connectivity index (χ1) is 12.0. The molecular formula is C17H20N6O2. The number of carbonyl (C=O) groups is 1. The molecule has 1 amide bonds. The van der Waals surface area contributed by atoms with E-state index < -0.39 is 0 Å². The van der Waals surface area contributed by atoms with Crippen molar-refractivity contribution in [2.45, 2.75) is 39.7 Å². The molecule has 2 N–H and O–H groups in total. The van der Waals surface area contributed by atoms with Crippen molar-refractivity contribution in [2.75, 3.05) is 5.32 Å². The first-order valence-corrected chi connectivity index (χ1v) is 8.45. The predicted octanol–water partition coefficient (Wildman–Crippen LogP) is 1.53. The molecule has 0 saturated carbocycles. The maximum absolute atomic E-state index is 12.8. The van der Waals surface area contributed by atoms with Crippen LogP contribution in [0.5, 0.6) is 0 Å². The first-order valence-electron chi connectivity index (χ1n) is 8.45. The summed E-state index contributed by atoms with van der Waals surface area (Å²) >= 11 is 0. The predicted molar refractivity (Wildman–Crippen MR) is 94.0 cm³/mol. The number of aryl methyl sites for hydroxylation is 3. The summed E-state index contributed by atoms with van der Waals surface area (Å²) in [5.41, 5.74) is 3.86. The van der Waals surface area contributed by atoms with Gasteiger partial charge in [0.1, 0.15) is 11.1 Å². The Hall–Kier alpha value is -2.90. The fourth-order valence-corrected chi connectivity index (χ4v) is 3.71. The maximum atomic E-state index is 12.8. The topological polar surface area (TPSA) is 97.6 Å². The normalized spacial score (nSPS) is 13.4. The lowest BCUT2D eigenvalue weighted by Gasteiger charge is -2.08. The summed E-state index contributed by atoms with van der Waals surface area (Å²) in [6.07, 6.45) is 2.78. The van der Waals surface area contributed by atoms with Gasteiger partial charge in [-0.2, -0.15) is 10.2 Å². The molecule has 0 radical (unpaired) electrons. The Morgan fingerprint density at radius 1 is 1.40 bits per heavy atom. The van der Waals surface area contributed by atoms with Crippen molar-refractivity contribution in [1.29, 1.82) is 0 Å². The molecule has 0 aromatic carbocycles. The molecule has 8 heteroatoms. The quantitative estimate of drug-likeness (QED) is 0.755. The number of hydrogen-bond acceptors (Lipinski definition) is 4. The minimum atomic E-state index is -0.283. The summed E-state index contributed by atoms with van der Waals surface area (Å²) in [7, 11) is 1.77. The van der Waals surface area contributed by atoms with Gasteiger partial charge in [-0.1, -0.05) is 0 Å². The van der Waals surface area contributed by atoms with E-state index in [9.17, 15) is 9.59 Å². The van der Waals surface area contributed by atoms with Crippen LogP contribution >= 0.6 is 0 Å². The van der Waals surface area contributed by atoms with Crippen molar-refractivity contribution in [1.82, 2.24) is 24.5 Å². The Morgan fingerprint density at radius 3 is 2.96 bits per heavy atom. The fourth-order valence-electron chi connectivity index (χ4n) is 3.71. The third-order valence-electron chi connectivity index (χ3n) is 4.86. The Morgan fingerprint density at radius 2 is 2.20 bits per heavy atom. The molecule has 1 aliphatic carbocycles. The lowest BCUT2D eigenvalue weighted by Crippen LogP contribution is -2.23. The summed E-state index contributed by atoms with van der Waals surface area (Å²) in [5.74, 6) is -0.0188. The Labute approximate surface area is 143 Å². The van der Waals surface area contributed by atoms with Crippen molar-refractivity contribution < 1.29 is 4.79 Å². The molecule has 130 valence electrons. The van der Waals surface area contributed by atoms with Crippen molar-refractivity contribution in [3.05, 3.63) is 39.1 Å². The highest BCUT2D eigenvalue weighted by molar-refractivity contribution is 6.07. The zero-order chi connectivity index (χ0) is 17.7. The molecule has 3 aromatic rings. The van der Waals surface area contributed by atoms with Crippen molar-refractivity contribution in [3.63, 3.8) is 0 Å². The summed E-state index contributed by atoms with van der Waals surface area (Å²) in [4.78, 5) is 25.5. The number of pyridine rings is 1. The number of nitrogens with zero attached hydrogens (tertiary/aromatic N) is 4. The van der Waals surface area contributed by atoms with E-state index in [1.54, 1.807) is 16.3 Å². The summed E-state index contributed by atoms with van der Waals surface area (Å²) in [6, 6.07) is 1.87. The second kappa shape index (κ2) is 5.58. The van der Waals surface area contributed by atoms with Crippen LogP contribution in [0, 0.1) is 6.92 Å². The van der Waals surface area contributed by atoms with Gasteiger partial charge in [-0.05, 0) is 39.2 Å². The van der Waals surface area contributed by atoms with Crippen LogP contribution < -0.4 is 10.9 Å². The molecule has 0 aliphatic heterocycles. The van der Waals surface area contributed by atoms with E-state index in [0.717, 1.165) is 36.2 Å². The highest BCUT2D eigenvalue weighted by Crippen LogP contribution is 2.25. The molecule has 0 atom stereocenters. The number of aromatic amines is 1. The number of hydrogen-bond donors (Lipinski definition) is 2. The molecular weight excluding hydrogens is 320 g/mol. The zero-order valence-electron chi connectivity index (χ0n) is 14.5. The molecule has 0 saturated heterocycles. The van der Waals surface area contributed by atoms with E-state index in [4.69, 9.17) is 0 Å². The number of rotatable bonds is 3. The average molecular weight is 340 g/mol. The Bertz CT molecular complexity index is 1060. The Balaban J connectivity index is 1.77. The van der Waals surface area contributed by atoms with Gasteiger partial charge < -0.3 is 9.88 Å². The van der Waals surface area contributed by atoms with Crippen LogP contribution in [-0.2, 0) is 26.4 Å². The summed E-state index contributed by atoms with van der Waals surface area (Å²) < 4.78 is 3.28. The molecule has 0 spiro atoms. The van der Waals surface area contributed by atoms with Crippen LogP contribution in [0.3, 0.4) is 0 Å². The second-order valence-electron chi connectivity index (χ2n) is 6.40. The summed E-state index contributed by atoms with van der Waals surface area (Å²) in [5, 5.41) is 14.6. The molecule has 1 aliphatic rings.